The predicted molar refractivity (Wildman–Crippen MR) is 60.5 cm³/mol. The zero-order chi connectivity index (χ0) is 13.3. The molecule has 0 atom stereocenters. The third-order valence-corrected chi connectivity index (χ3v) is 2.83. The van der Waals surface area contributed by atoms with Gasteiger partial charge in [-0.15, -0.1) is 0 Å². The zero-order valence-electron chi connectivity index (χ0n) is 9.61. The van der Waals surface area contributed by atoms with Gasteiger partial charge in [0, 0.05) is 18.7 Å². The van der Waals surface area contributed by atoms with Crippen molar-refractivity contribution in [2.24, 2.45) is 0 Å². The van der Waals surface area contributed by atoms with Gasteiger partial charge in [-0.3, -0.25) is 4.79 Å². The summed E-state index contributed by atoms with van der Waals surface area (Å²) in [6, 6.07) is 1.75. The molecule has 2 rings (SSSR count). The van der Waals surface area contributed by atoms with Crippen LogP contribution in [0, 0.1) is 17.5 Å². The van der Waals surface area contributed by atoms with E-state index >= 15 is 0 Å². The molecule has 0 aromatic heterocycles. The molecule has 0 aliphatic carbocycles. The molecule has 1 fully saturated rings. The average Bonchev–Trinajstić information content (AvgIpc) is 2.27. The molecular weight excluding hydrogens is 245 g/mol. The van der Waals surface area contributed by atoms with Gasteiger partial charge in [-0.1, -0.05) is 0 Å². The van der Waals surface area contributed by atoms with Gasteiger partial charge in [0.2, 0.25) is 0 Å². The lowest BCUT2D eigenvalue weighted by Crippen LogP contribution is -2.36. The van der Waals surface area contributed by atoms with Crippen LogP contribution in [0.25, 0.3) is 0 Å². The van der Waals surface area contributed by atoms with Crippen LogP contribution in [0.4, 0.5) is 18.9 Å². The second-order valence-corrected chi connectivity index (χ2v) is 4.01. The second-order valence-electron chi connectivity index (χ2n) is 4.01. The van der Waals surface area contributed by atoms with Crippen molar-refractivity contribution in [3.05, 3.63) is 40.7 Å². The molecule has 0 radical (unpaired) electrons. The number of hydrogen-bond donors (Lipinski definition) is 2. The lowest BCUT2D eigenvalue weighted by Gasteiger charge is -2.21. The van der Waals surface area contributed by atoms with Crippen LogP contribution < -0.4 is 10.6 Å². The van der Waals surface area contributed by atoms with E-state index in [9.17, 15) is 18.0 Å². The van der Waals surface area contributed by atoms with Gasteiger partial charge in [-0.25, -0.2) is 13.2 Å². The third kappa shape index (κ3) is 2.24. The van der Waals surface area contributed by atoms with E-state index in [0.717, 1.165) is 17.7 Å². The van der Waals surface area contributed by atoms with Gasteiger partial charge in [-0.2, -0.15) is 0 Å². The minimum Gasteiger partial charge on any atom is -0.320 e. The first kappa shape index (κ1) is 12.6. The lowest BCUT2D eigenvalue weighted by atomic mass is 10.0. The predicted octanol–water partition coefficient (Wildman–Crippen LogP) is 1.96. The third-order valence-electron chi connectivity index (χ3n) is 2.83. The molecule has 0 spiro atoms. The van der Waals surface area contributed by atoms with E-state index in [4.69, 9.17) is 0 Å². The molecule has 2 N–H and O–H groups in total. The smallest absolute Gasteiger partial charge is 0.251 e. The minimum absolute atomic E-state index is 0.369. The van der Waals surface area contributed by atoms with E-state index in [1.807, 2.05) is 0 Å². The van der Waals surface area contributed by atoms with Crippen molar-refractivity contribution in [3.63, 3.8) is 0 Å². The summed E-state index contributed by atoms with van der Waals surface area (Å²) in [4.78, 5) is 11.7. The topological polar surface area (TPSA) is 41.1 Å². The first-order valence-electron chi connectivity index (χ1n) is 5.35. The summed E-state index contributed by atoms with van der Waals surface area (Å²) in [6.07, 6.45) is 0. The van der Waals surface area contributed by atoms with Crippen LogP contribution in [-0.2, 0) is 4.79 Å². The van der Waals surface area contributed by atoms with Gasteiger partial charge in [0.05, 0.1) is 5.69 Å². The van der Waals surface area contributed by atoms with E-state index in [0.29, 0.717) is 18.7 Å². The Hall–Kier alpha value is -1.82. The molecule has 3 nitrogen and oxygen atoms in total. The van der Waals surface area contributed by atoms with E-state index < -0.39 is 23.4 Å². The molecule has 1 amide bonds. The summed E-state index contributed by atoms with van der Waals surface area (Å²) in [6.45, 7) is 2.82. The van der Waals surface area contributed by atoms with Crippen LogP contribution in [0.15, 0.2) is 23.3 Å². The van der Waals surface area contributed by atoms with Crippen molar-refractivity contribution >= 4 is 11.6 Å². The second kappa shape index (κ2) is 4.81. The number of nitrogens with one attached hydrogen (secondary N) is 2. The fourth-order valence-corrected chi connectivity index (χ4v) is 1.51. The van der Waals surface area contributed by atoms with E-state index in [1.165, 1.54) is 0 Å². The van der Waals surface area contributed by atoms with Crippen molar-refractivity contribution < 1.29 is 18.0 Å². The Morgan fingerprint density at radius 1 is 1.22 bits per heavy atom. The molecule has 1 aromatic rings. The maximum Gasteiger partial charge on any atom is 0.251 e. The Labute approximate surface area is 102 Å². The van der Waals surface area contributed by atoms with Gasteiger partial charge < -0.3 is 10.6 Å². The van der Waals surface area contributed by atoms with Crippen LogP contribution in [0.5, 0.6) is 0 Å². The molecule has 96 valence electrons. The SMILES string of the molecule is CC(C(=O)Nc1ccc(F)c(F)c1F)=C1CNC1. The van der Waals surface area contributed by atoms with E-state index in [1.54, 1.807) is 6.92 Å². The number of halogens is 3. The Kier molecular flexibility index (Phi) is 3.38. The quantitative estimate of drug-likeness (QED) is 0.627. The molecule has 1 heterocycles. The van der Waals surface area contributed by atoms with Gasteiger partial charge in [0.1, 0.15) is 0 Å². The molecule has 1 saturated heterocycles. The van der Waals surface area contributed by atoms with Crippen LogP contribution in [0.2, 0.25) is 0 Å². The lowest BCUT2D eigenvalue weighted by molar-refractivity contribution is -0.112. The van der Waals surface area contributed by atoms with E-state index in [2.05, 4.69) is 10.6 Å². The maximum atomic E-state index is 13.3. The van der Waals surface area contributed by atoms with Crippen LogP contribution in [-0.4, -0.2) is 19.0 Å². The maximum absolute atomic E-state index is 13.3. The summed E-state index contributed by atoms with van der Waals surface area (Å²) in [7, 11) is 0. The highest BCUT2D eigenvalue weighted by molar-refractivity contribution is 6.04. The van der Waals surface area contributed by atoms with Gasteiger partial charge in [-0.05, 0) is 24.6 Å². The number of carbonyl (C=O) groups excluding carboxylic acids is 1. The highest BCUT2D eigenvalue weighted by Gasteiger charge is 2.19. The molecule has 1 aliphatic rings. The van der Waals surface area contributed by atoms with E-state index in [-0.39, 0.29) is 5.69 Å². The summed E-state index contributed by atoms with van der Waals surface area (Å²) in [5.74, 6) is -4.79. The Balaban J connectivity index is 2.20. The summed E-state index contributed by atoms with van der Waals surface area (Å²) in [5.41, 5.74) is 1.000. The Morgan fingerprint density at radius 3 is 2.44 bits per heavy atom. The van der Waals surface area contributed by atoms with Crippen molar-refractivity contribution in [1.82, 2.24) is 5.32 Å². The largest absolute Gasteiger partial charge is 0.320 e. The van der Waals surface area contributed by atoms with Crippen molar-refractivity contribution in [2.75, 3.05) is 18.4 Å². The number of amides is 1. The normalized spacial score (nSPS) is 14.1. The molecule has 0 saturated carbocycles. The minimum atomic E-state index is -1.59. The van der Waals surface area contributed by atoms with Crippen LogP contribution in [0.1, 0.15) is 6.92 Å². The number of anilines is 1. The first-order chi connectivity index (χ1) is 8.50. The molecule has 6 heteroatoms. The highest BCUT2D eigenvalue weighted by atomic mass is 19.2. The zero-order valence-corrected chi connectivity index (χ0v) is 9.61. The summed E-state index contributed by atoms with van der Waals surface area (Å²) < 4.78 is 39.0. The van der Waals surface area contributed by atoms with Gasteiger partial charge in [0.25, 0.3) is 5.91 Å². The van der Waals surface area contributed by atoms with Crippen LogP contribution in [0.3, 0.4) is 0 Å². The summed E-state index contributed by atoms with van der Waals surface area (Å²) >= 11 is 0. The van der Waals surface area contributed by atoms with Crippen molar-refractivity contribution in [3.8, 4) is 0 Å². The monoisotopic (exact) mass is 256 g/mol. The Morgan fingerprint density at radius 2 is 1.89 bits per heavy atom. The highest BCUT2D eigenvalue weighted by Crippen LogP contribution is 2.20. The van der Waals surface area contributed by atoms with Crippen LogP contribution >= 0.6 is 0 Å². The Bertz CT molecular complexity index is 534. The fraction of sp³-hybridized carbons (Fsp3) is 0.250. The molecule has 0 bridgehead atoms. The number of carbonyl (C=O) groups is 1. The molecular formula is C12H11F3N2O. The van der Waals surface area contributed by atoms with Gasteiger partial charge in [0.15, 0.2) is 17.5 Å². The molecule has 18 heavy (non-hydrogen) atoms. The number of benzene rings is 1. The average molecular weight is 256 g/mol. The fourth-order valence-electron chi connectivity index (χ4n) is 1.51. The molecule has 1 aliphatic heterocycles. The van der Waals surface area contributed by atoms with Gasteiger partial charge >= 0.3 is 0 Å². The number of rotatable bonds is 2. The summed E-state index contributed by atoms with van der Waals surface area (Å²) in [5, 5.41) is 5.19. The molecule has 0 unspecified atom stereocenters. The number of hydrogen-bond acceptors (Lipinski definition) is 2. The van der Waals surface area contributed by atoms with Crippen molar-refractivity contribution in [1.29, 1.82) is 0 Å². The van der Waals surface area contributed by atoms with Crippen molar-refractivity contribution in [2.45, 2.75) is 6.92 Å². The molecule has 1 aromatic carbocycles. The first-order valence-corrected chi connectivity index (χ1v) is 5.35. The standard InChI is InChI=1S/C12H11F3N2O/c1-6(7-4-16-5-7)12(18)17-9-3-2-8(13)10(14)11(9)15/h2-3,16H,4-5H2,1H3,(H,17,18).